The van der Waals surface area contributed by atoms with Crippen LogP contribution in [0.2, 0.25) is 0 Å². The van der Waals surface area contributed by atoms with E-state index in [1.807, 2.05) is 6.92 Å². The molecule has 0 amide bonds. The SMILES string of the molecule is CO[C@@H]1O[C@@H](C)[C@H](OC(=O)c2ccc(C)cc2)[C@@H](O)[C@H]1OC(C)=O. The minimum Gasteiger partial charge on any atom is -0.454 e. The monoisotopic (exact) mass is 338 g/mol. The van der Waals surface area contributed by atoms with Crippen LogP contribution in [0.5, 0.6) is 0 Å². The molecular weight excluding hydrogens is 316 g/mol. The van der Waals surface area contributed by atoms with Gasteiger partial charge in [0.2, 0.25) is 0 Å². The second-order valence-corrected chi connectivity index (χ2v) is 5.75. The number of hydrogen-bond donors (Lipinski definition) is 1. The predicted octanol–water partition coefficient (Wildman–Crippen LogP) is 1.20. The molecule has 1 fully saturated rings. The summed E-state index contributed by atoms with van der Waals surface area (Å²) in [6.45, 7) is 4.77. The number of rotatable bonds is 4. The molecule has 0 unspecified atom stereocenters. The van der Waals surface area contributed by atoms with Crippen LogP contribution in [0.1, 0.15) is 29.8 Å². The molecule has 24 heavy (non-hydrogen) atoms. The maximum absolute atomic E-state index is 12.3. The Bertz CT molecular complexity index is 583. The molecular formula is C17H22O7. The van der Waals surface area contributed by atoms with Gasteiger partial charge in [-0.3, -0.25) is 4.79 Å². The number of carbonyl (C=O) groups is 2. The summed E-state index contributed by atoms with van der Waals surface area (Å²) in [4.78, 5) is 23.5. The number of esters is 2. The Morgan fingerprint density at radius 2 is 1.75 bits per heavy atom. The highest BCUT2D eigenvalue weighted by molar-refractivity contribution is 5.89. The summed E-state index contributed by atoms with van der Waals surface area (Å²) in [5, 5.41) is 10.5. The van der Waals surface area contributed by atoms with E-state index in [1.165, 1.54) is 14.0 Å². The van der Waals surface area contributed by atoms with Gasteiger partial charge in [0.15, 0.2) is 18.5 Å². The van der Waals surface area contributed by atoms with Crippen LogP contribution in [0, 0.1) is 6.92 Å². The van der Waals surface area contributed by atoms with Crippen molar-refractivity contribution in [2.24, 2.45) is 0 Å². The lowest BCUT2D eigenvalue weighted by atomic mass is 9.99. The van der Waals surface area contributed by atoms with Crippen LogP contribution in [0.25, 0.3) is 0 Å². The summed E-state index contributed by atoms with van der Waals surface area (Å²) in [6, 6.07) is 6.85. The smallest absolute Gasteiger partial charge is 0.338 e. The first kappa shape index (κ1) is 18.4. The fourth-order valence-electron chi connectivity index (χ4n) is 2.55. The molecule has 1 aliphatic rings. The van der Waals surface area contributed by atoms with Crippen LogP contribution >= 0.6 is 0 Å². The van der Waals surface area contributed by atoms with Crippen molar-refractivity contribution in [2.45, 2.75) is 51.5 Å². The van der Waals surface area contributed by atoms with E-state index < -0.39 is 42.6 Å². The summed E-state index contributed by atoms with van der Waals surface area (Å²) in [5.41, 5.74) is 1.37. The first-order valence-electron chi connectivity index (χ1n) is 7.64. The molecule has 1 heterocycles. The number of benzene rings is 1. The quantitative estimate of drug-likeness (QED) is 0.825. The second-order valence-electron chi connectivity index (χ2n) is 5.75. The van der Waals surface area contributed by atoms with Crippen molar-refractivity contribution in [1.82, 2.24) is 0 Å². The number of aliphatic hydroxyl groups excluding tert-OH is 1. The van der Waals surface area contributed by atoms with Gasteiger partial charge >= 0.3 is 11.9 Å². The number of methoxy groups -OCH3 is 1. The molecule has 1 aromatic carbocycles. The average Bonchev–Trinajstić information content (AvgIpc) is 2.54. The topological polar surface area (TPSA) is 91.3 Å². The Balaban J connectivity index is 2.14. The van der Waals surface area contributed by atoms with Gasteiger partial charge in [0, 0.05) is 14.0 Å². The largest absolute Gasteiger partial charge is 0.454 e. The number of ether oxygens (including phenoxy) is 4. The van der Waals surface area contributed by atoms with Crippen molar-refractivity contribution in [3.05, 3.63) is 35.4 Å². The Kier molecular flexibility index (Phi) is 5.93. The van der Waals surface area contributed by atoms with E-state index in [2.05, 4.69) is 0 Å². The third-order valence-electron chi connectivity index (χ3n) is 3.82. The first-order chi connectivity index (χ1) is 11.3. The van der Waals surface area contributed by atoms with Crippen LogP contribution in [-0.4, -0.2) is 54.9 Å². The zero-order valence-corrected chi connectivity index (χ0v) is 14.1. The van der Waals surface area contributed by atoms with E-state index >= 15 is 0 Å². The molecule has 0 bridgehead atoms. The average molecular weight is 338 g/mol. The van der Waals surface area contributed by atoms with E-state index in [-0.39, 0.29) is 0 Å². The molecule has 1 aromatic rings. The van der Waals surface area contributed by atoms with Crippen LogP contribution in [-0.2, 0) is 23.7 Å². The van der Waals surface area contributed by atoms with Gasteiger partial charge in [-0.25, -0.2) is 4.79 Å². The van der Waals surface area contributed by atoms with Crippen molar-refractivity contribution in [3.8, 4) is 0 Å². The standard InChI is InChI=1S/C17H22O7/c1-9-5-7-12(8-6-9)16(20)24-14-10(2)22-17(21-4)15(13(14)19)23-11(3)18/h5-8,10,13-15,17,19H,1-4H3/t10-,13+,14-,15+,17+/m0/s1. The summed E-state index contributed by atoms with van der Waals surface area (Å²) in [7, 11) is 1.37. The highest BCUT2D eigenvalue weighted by Crippen LogP contribution is 2.27. The van der Waals surface area contributed by atoms with Crippen molar-refractivity contribution in [3.63, 3.8) is 0 Å². The summed E-state index contributed by atoms with van der Waals surface area (Å²) in [6.07, 6.45) is -4.91. The predicted molar refractivity (Wildman–Crippen MR) is 83.3 cm³/mol. The Morgan fingerprint density at radius 3 is 2.29 bits per heavy atom. The summed E-state index contributed by atoms with van der Waals surface area (Å²) in [5.74, 6) is -1.19. The molecule has 1 aliphatic heterocycles. The van der Waals surface area contributed by atoms with E-state index in [9.17, 15) is 14.7 Å². The number of hydrogen-bond acceptors (Lipinski definition) is 7. The molecule has 0 saturated carbocycles. The molecule has 0 aromatic heterocycles. The van der Waals surface area contributed by atoms with Gasteiger partial charge in [0.1, 0.15) is 6.10 Å². The summed E-state index contributed by atoms with van der Waals surface area (Å²) >= 11 is 0. The highest BCUT2D eigenvalue weighted by atomic mass is 16.7. The minimum atomic E-state index is -1.27. The van der Waals surface area contributed by atoms with Crippen molar-refractivity contribution >= 4 is 11.9 Å². The number of aliphatic hydroxyl groups is 1. The van der Waals surface area contributed by atoms with E-state index in [0.29, 0.717) is 5.56 Å². The van der Waals surface area contributed by atoms with Crippen LogP contribution in [0.15, 0.2) is 24.3 Å². The molecule has 2 rings (SSSR count). The van der Waals surface area contributed by atoms with Crippen LogP contribution in [0.4, 0.5) is 0 Å². The normalized spacial score (nSPS) is 29.8. The molecule has 1 saturated heterocycles. The molecule has 0 aliphatic carbocycles. The van der Waals surface area contributed by atoms with E-state index in [4.69, 9.17) is 18.9 Å². The Hall–Kier alpha value is -1.96. The molecule has 132 valence electrons. The maximum atomic E-state index is 12.3. The van der Waals surface area contributed by atoms with Gasteiger partial charge in [-0.05, 0) is 26.0 Å². The summed E-state index contributed by atoms with van der Waals surface area (Å²) < 4.78 is 21.1. The van der Waals surface area contributed by atoms with E-state index in [1.54, 1.807) is 31.2 Å². The Labute approximate surface area is 140 Å². The lowest BCUT2D eigenvalue weighted by Crippen LogP contribution is -2.59. The molecule has 0 radical (unpaired) electrons. The third-order valence-corrected chi connectivity index (χ3v) is 3.82. The van der Waals surface area contributed by atoms with Gasteiger partial charge in [-0.15, -0.1) is 0 Å². The van der Waals surface area contributed by atoms with Gasteiger partial charge in [-0.2, -0.15) is 0 Å². The zero-order chi connectivity index (χ0) is 17.9. The maximum Gasteiger partial charge on any atom is 0.338 e. The lowest BCUT2D eigenvalue weighted by Gasteiger charge is -2.41. The molecule has 0 spiro atoms. The third kappa shape index (κ3) is 4.11. The number of aryl methyl sites for hydroxylation is 1. The zero-order valence-electron chi connectivity index (χ0n) is 14.1. The van der Waals surface area contributed by atoms with Gasteiger partial charge in [0.25, 0.3) is 0 Å². The second kappa shape index (κ2) is 7.74. The van der Waals surface area contributed by atoms with Gasteiger partial charge in [0.05, 0.1) is 11.7 Å². The minimum absolute atomic E-state index is 0.359. The molecule has 5 atom stereocenters. The van der Waals surface area contributed by atoms with Gasteiger partial charge in [-0.1, -0.05) is 17.7 Å². The van der Waals surface area contributed by atoms with E-state index in [0.717, 1.165) is 5.56 Å². The fraction of sp³-hybridized carbons (Fsp3) is 0.529. The molecule has 1 N–H and O–H groups in total. The van der Waals surface area contributed by atoms with Gasteiger partial charge < -0.3 is 24.1 Å². The van der Waals surface area contributed by atoms with Crippen LogP contribution in [0.3, 0.4) is 0 Å². The Morgan fingerprint density at radius 1 is 1.12 bits per heavy atom. The fourth-order valence-corrected chi connectivity index (χ4v) is 2.55. The first-order valence-corrected chi connectivity index (χ1v) is 7.64. The number of carbonyl (C=O) groups excluding carboxylic acids is 2. The molecule has 7 nitrogen and oxygen atoms in total. The molecule has 7 heteroatoms. The van der Waals surface area contributed by atoms with Crippen molar-refractivity contribution in [2.75, 3.05) is 7.11 Å². The van der Waals surface area contributed by atoms with Crippen molar-refractivity contribution < 1.29 is 33.6 Å². The van der Waals surface area contributed by atoms with Crippen molar-refractivity contribution in [1.29, 1.82) is 0 Å². The highest BCUT2D eigenvalue weighted by Gasteiger charge is 2.47. The lowest BCUT2D eigenvalue weighted by molar-refractivity contribution is -0.289. The van der Waals surface area contributed by atoms with Crippen LogP contribution < -0.4 is 0 Å².